The summed E-state index contributed by atoms with van der Waals surface area (Å²) in [6.07, 6.45) is 4.89. The van der Waals surface area contributed by atoms with E-state index in [1.165, 1.54) is 37.3 Å². The number of thioether (sulfide) groups is 1. The van der Waals surface area contributed by atoms with E-state index in [2.05, 4.69) is 20.8 Å². The van der Waals surface area contributed by atoms with E-state index in [9.17, 15) is 14.4 Å². The zero-order chi connectivity index (χ0) is 32.5. The lowest BCUT2D eigenvalue weighted by molar-refractivity contribution is -0.113. The first-order valence-corrected chi connectivity index (χ1v) is 16.9. The van der Waals surface area contributed by atoms with Gasteiger partial charge in [-0.1, -0.05) is 48.5 Å². The van der Waals surface area contributed by atoms with Crippen LogP contribution in [0.3, 0.4) is 0 Å². The number of methoxy groups -OCH3 is 2. The molecule has 4 aromatic rings. The number of carbonyl (C=O) groups excluding carboxylic acids is 3. The SMILES string of the molecule is CCOC(=O)c1c(NC(=O)CSc2nnc(CNC(=O)c3ccc(OC)c(OC)c3)n2Cc2ccccc2)sc2c1CCCCC2. The highest BCUT2D eigenvalue weighted by Crippen LogP contribution is 2.38. The molecule has 0 radical (unpaired) electrons. The Balaban J connectivity index is 1.30. The third-order valence-electron chi connectivity index (χ3n) is 7.52. The number of aryl methyl sites for hydroxylation is 1. The fourth-order valence-electron chi connectivity index (χ4n) is 5.26. The van der Waals surface area contributed by atoms with Crippen molar-refractivity contribution < 1.29 is 28.6 Å². The maximum absolute atomic E-state index is 13.2. The quantitative estimate of drug-likeness (QED) is 0.108. The molecule has 46 heavy (non-hydrogen) atoms. The number of benzene rings is 2. The minimum atomic E-state index is -0.396. The topological polar surface area (TPSA) is 134 Å². The van der Waals surface area contributed by atoms with Gasteiger partial charge in [-0.25, -0.2) is 4.79 Å². The van der Waals surface area contributed by atoms with Crippen molar-refractivity contribution >= 4 is 45.9 Å². The molecule has 2 amide bonds. The van der Waals surface area contributed by atoms with Crippen LogP contribution in [0, 0.1) is 0 Å². The summed E-state index contributed by atoms with van der Waals surface area (Å²) in [4.78, 5) is 40.3. The van der Waals surface area contributed by atoms with Crippen LogP contribution in [0.25, 0.3) is 0 Å². The van der Waals surface area contributed by atoms with Gasteiger partial charge in [0, 0.05) is 10.4 Å². The maximum Gasteiger partial charge on any atom is 0.341 e. The average molecular weight is 664 g/mol. The number of carbonyl (C=O) groups is 3. The number of hydrogen-bond acceptors (Lipinski definition) is 10. The van der Waals surface area contributed by atoms with Crippen molar-refractivity contribution in [3.63, 3.8) is 0 Å². The van der Waals surface area contributed by atoms with Crippen LogP contribution in [0.5, 0.6) is 11.5 Å². The zero-order valence-corrected chi connectivity index (χ0v) is 27.7. The van der Waals surface area contributed by atoms with Gasteiger partial charge in [0.05, 0.1) is 45.2 Å². The molecule has 0 spiro atoms. The number of anilines is 1. The molecule has 0 saturated carbocycles. The van der Waals surface area contributed by atoms with E-state index in [0.717, 1.165) is 48.1 Å². The van der Waals surface area contributed by atoms with Gasteiger partial charge in [-0.2, -0.15) is 0 Å². The Morgan fingerprint density at radius 1 is 0.978 bits per heavy atom. The molecule has 2 N–H and O–H groups in total. The Morgan fingerprint density at radius 2 is 1.76 bits per heavy atom. The first-order chi connectivity index (χ1) is 22.4. The fraction of sp³-hybridized carbons (Fsp3) is 0.364. The van der Waals surface area contributed by atoms with E-state index >= 15 is 0 Å². The number of amides is 2. The number of hydrogen-bond donors (Lipinski definition) is 2. The highest BCUT2D eigenvalue weighted by Gasteiger charge is 2.27. The predicted molar refractivity (Wildman–Crippen MR) is 177 cm³/mol. The molecule has 0 bridgehead atoms. The average Bonchev–Trinajstić information content (AvgIpc) is 3.52. The van der Waals surface area contributed by atoms with Gasteiger partial charge >= 0.3 is 5.97 Å². The monoisotopic (exact) mass is 663 g/mol. The van der Waals surface area contributed by atoms with E-state index < -0.39 is 5.97 Å². The standard InChI is InChI=1S/C33H37N5O6S2/c1-4-44-32(41)29-23-13-9-6-10-14-26(23)46-31(29)35-28(39)20-45-33-37-36-27(38(33)19-21-11-7-5-8-12-21)18-34-30(40)22-15-16-24(42-2)25(17-22)43-3/h5,7-8,11-12,15-17H,4,6,9-10,13-14,18-20H2,1-3H3,(H,34,40)(H,35,39). The molecule has 1 aliphatic rings. The van der Waals surface area contributed by atoms with Gasteiger partial charge in [-0.05, 0) is 61.9 Å². The summed E-state index contributed by atoms with van der Waals surface area (Å²) in [5.74, 6) is 0.598. The number of rotatable bonds is 13. The van der Waals surface area contributed by atoms with Crippen molar-refractivity contribution in [2.75, 3.05) is 31.9 Å². The molecule has 2 aromatic heterocycles. The molecule has 2 aromatic carbocycles. The third kappa shape index (κ3) is 7.88. The second-order valence-electron chi connectivity index (χ2n) is 10.5. The molecule has 5 rings (SSSR count). The molecular weight excluding hydrogens is 627 g/mol. The van der Waals surface area contributed by atoms with E-state index in [1.807, 2.05) is 34.9 Å². The van der Waals surface area contributed by atoms with Gasteiger partial charge in [0.1, 0.15) is 5.00 Å². The number of ether oxygens (including phenoxy) is 3. The lowest BCUT2D eigenvalue weighted by atomic mass is 10.1. The Hall–Kier alpha value is -4.36. The second kappa shape index (κ2) is 15.8. The fourth-order valence-corrected chi connectivity index (χ4v) is 7.31. The summed E-state index contributed by atoms with van der Waals surface area (Å²) in [7, 11) is 3.05. The van der Waals surface area contributed by atoms with Crippen LogP contribution in [0.2, 0.25) is 0 Å². The Morgan fingerprint density at radius 3 is 2.52 bits per heavy atom. The molecule has 242 valence electrons. The van der Waals surface area contributed by atoms with Crippen LogP contribution >= 0.6 is 23.1 Å². The van der Waals surface area contributed by atoms with Gasteiger partial charge in [0.2, 0.25) is 5.91 Å². The van der Waals surface area contributed by atoms with Gasteiger partial charge in [0.15, 0.2) is 22.5 Å². The predicted octanol–water partition coefficient (Wildman–Crippen LogP) is 5.51. The summed E-state index contributed by atoms with van der Waals surface area (Å²) in [5, 5.41) is 15.7. The molecule has 0 atom stereocenters. The summed E-state index contributed by atoms with van der Waals surface area (Å²) in [6, 6.07) is 14.8. The largest absolute Gasteiger partial charge is 0.493 e. The lowest BCUT2D eigenvalue weighted by Gasteiger charge is -2.12. The third-order valence-corrected chi connectivity index (χ3v) is 9.69. The van der Waals surface area contributed by atoms with Crippen LogP contribution in [0.1, 0.15) is 68.7 Å². The Kier molecular flexibility index (Phi) is 11.3. The van der Waals surface area contributed by atoms with Gasteiger partial charge < -0.3 is 29.4 Å². The lowest BCUT2D eigenvalue weighted by Crippen LogP contribution is -2.25. The van der Waals surface area contributed by atoms with Crippen molar-refractivity contribution in [3.8, 4) is 11.5 Å². The minimum Gasteiger partial charge on any atom is -0.493 e. The Bertz CT molecular complexity index is 1690. The maximum atomic E-state index is 13.2. The van der Waals surface area contributed by atoms with Crippen LogP contribution in [0.15, 0.2) is 53.7 Å². The second-order valence-corrected chi connectivity index (χ2v) is 12.6. The first-order valence-electron chi connectivity index (χ1n) is 15.1. The van der Waals surface area contributed by atoms with Gasteiger partial charge in [0.25, 0.3) is 5.91 Å². The van der Waals surface area contributed by atoms with Gasteiger partial charge in [-0.15, -0.1) is 21.5 Å². The zero-order valence-electron chi connectivity index (χ0n) is 26.1. The normalized spacial score (nSPS) is 12.5. The van der Waals surface area contributed by atoms with Crippen molar-refractivity contribution in [2.24, 2.45) is 0 Å². The number of nitrogens with zero attached hydrogens (tertiary/aromatic N) is 3. The first kappa shape index (κ1) is 33.0. The van der Waals surface area contributed by atoms with E-state index in [1.54, 1.807) is 25.1 Å². The van der Waals surface area contributed by atoms with Crippen molar-refractivity contribution in [1.29, 1.82) is 0 Å². The summed E-state index contributed by atoms with van der Waals surface area (Å²) in [5.41, 5.74) is 2.92. The van der Waals surface area contributed by atoms with Crippen LogP contribution in [-0.4, -0.2) is 59.1 Å². The van der Waals surface area contributed by atoms with E-state index in [-0.39, 0.29) is 30.7 Å². The minimum absolute atomic E-state index is 0.0513. The highest BCUT2D eigenvalue weighted by molar-refractivity contribution is 7.99. The number of esters is 1. The molecule has 2 heterocycles. The number of nitrogens with one attached hydrogen (secondary N) is 2. The molecule has 11 nitrogen and oxygen atoms in total. The number of aromatic nitrogens is 3. The highest BCUT2D eigenvalue weighted by atomic mass is 32.2. The van der Waals surface area contributed by atoms with Crippen LogP contribution < -0.4 is 20.1 Å². The molecule has 13 heteroatoms. The summed E-state index contributed by atoms with van der Waals surface area (Å²) >= 11 is 2.71. The molecule has 1 aliphatic carbocycles. The van der Waals surface area contributed by atoms with E-state index in [4.69, 9.17) is 14.2 Å². The molecule has 0 saturated heterocycles. The Labute approximate surface area is 276 Å². The summed E-state index contributed by atoms with van der Waals surface area (Å²) in [6.45, 7) is 2.60. The van der Waals surface area contributed by atoms with Crippen LogP contribution in [-0.2, 0) is 35.5 Å². The summed E-state index contributed by atoms with van der Waals surface area (Å²) < 4.78 is 17.8. The number of fused-ring (bicyclic) bond motifs is 1. The molecule has 0 aliphatic heterocycles. The smallest absolute Gasteiger partial charge is 0.341 e. The van der Waals surface area contributed by atoms with Crippen molar-refractivity contribution in [3.05, 3.63) is 81.5 Å². The van der Waals surface area contributed by atoms with E-state index in [0.29, 0.717) is 45.2 Å². The van der Waals surface area contributed by atoms with Crippen LogP contribution in [0.4, 0.5) is 5.00 Å². The molecule has 0 fully saturated rings. The molecular formula is C33H37N5O6S2. The van der Waals surface area contributed by atoms with Crippen molar-refractivity contribution in [2.45, 2.75) is 57.3 Å². The van der Waals surface area contributed by atoms with Crippen molar-refractivity contribution in [1.82, 2.24) is 20.1 Å². The molecule has 0 unspecified atom stereocenters. The van der Waals surface area contributed by atoms with Gasteiger partial charge in [-0.3, -0.25) is 9.59 Å². The number of thiophene rings is 1.